The van der Waals surface area contributed by atoms with E-state index < -0.39 is 0 Å². The molecule has 1 nitrogen and oxygen atoms in total. The van der Waals surface area contributed by atoms with E-state index >= 15 is 0 Å². The van der Waals surface area contributed by atoms with Crippen molar-refractivity contribution in [3.63, 3.8) is 0 Å². The summed E-state index contributed by atoms with van der Waals surface area (Å²) in [5.41, 5.74) is 0. The van der Waals surface area contributed by atoms with Crippen molar-refractivity contribution in [2.24, 2.45) is 11.8 Å². The van der Waals surface area contributed by atoms with Crippen molar-refractivity contribution in [3.8, 4) is 0 Å². The van der Waals surface area contributed by atoms with Crippen LogP contribution in [-0.4, -0.2) is 12.6 Å². The van der Waals surface area contributed by atoms with Crippen molar-refractivity contribution >= 4 is 0 Å². The van der Waals surface area contributed by atoms with Gasteiger partial charge >= 0.3 is 0 Å². The van der Waals surface area contributed by atoms with Gasteiger partial charge in [-0.2, -0.15) is 0 Å². The molecule has 1 aliphatic rings. The first-order valence-corrected chi connectivity index (χ1v) is 4.43. The molecule has 1 rings (SSSR count). The molecule has 0 amide bonds. The third kappa shape index (κ3) is 1.98. The van der Waals surface area contributed by atoms with Gasteiger partial charge < -0.3 is 5.32 Å². The summed E-state index contributed by atoms with van der Waals surface area (Å²) in [6, 6.07) is 0.788. The molecule has 0 radical (unpaired) electrons. The molecule has 1 aliphatic heterocycles. The molecule has 1 heterocycles. The van der Waals surface area contributed by atoms with Crippen LogP contribution in [-0.2, 0) is 0 Å². The van der Waals surface area contributed by atoms with E-state index in [1.54, 1.807) is 0 Å². The second-order valence-electron chi connectivity index (χ2n) is 3.94. The third-order valence-corrected chi connectivity index (χ3v) is 2.50. The Morgan fingerprint density at radius 3 is 2.40 bits per heavy atom. The van der Waals surface area contributed by atoms with Crippen molar-refractivity contribution in [2.45, 2.75) is 39.7 Å². The van der Waals surface area contributed by atoms with Gasteiger partial charge in [-0.25, -0.2) is 0 Å². The summed E-state index contributed by atoms with van der Waals surface area (Å²) >= 11 is 0. The van der Waals surface area contributed by atoms with Crippen LogP contribution in [0.3, 0.4) is 0 Å². The highest BCUT2D eigenvalue weighted by Crippen LogP contribution is 2.17. The Kier molecular flexibility index (Phi) is 2.72. The first kappa shape index (κ1) is 8.06. The monoisotopic (exact) mass is 141 g/mol. The van der Waals surface area contributed by atoms with E-state index in [-0.39, 0.29) is 0 Å². The topological polar surface area (TPSA) is 12.0 Å². The second kappa shape index (κ2) is 3.38. The molecule has 0 spiro atoms. The van der Waals surface area contributed by atoms with E-state index in [1.807, 2.05) is 0 Å². The Morgan fingerprint density at radius 1 is 1.30 bits per heavy atom. The molecule has 0 aliphatic carbocycles. The Bertz CT molecular complexity index is 90.9. The molecule has 1 saturated heterocycles. The predicted octanol–water partition coefficient (Wildman–Crippen LogP) is 2.03. The summed E-state index contributed by atoms with van der Waals surface area (Å²) in [5, 5.41) is 3.57. The van der Waals surface area contributed by atoms with Gasteiger partial charge in [0.15, 0.2) is 0 Å². The zero-order chi connectivity index (χ0) is 7.56. The summed E-state index contributed by atoms with van der Waals surface area (Å²) in [6.45, 7) is 8.15. The third-order valence-electron chi connectivity index (χ3n) is 2.50. The van der Waals surface area contributed by atoms with Gasteiger partial charge in [0, 0.05) is 6.04 Å². The van der Waals surface area contributed by atoms with Crippen molar-refractivity contribution in [2.75, 3.05) is 6.54 Å². The molecular formula is C9H19N. The molecule has 10 heavy (non-hydrogen) atoms. The lowest BCUT2D eigenvalue weighted by Crippen LogP contribution is -2.41. The summed E-state index contributed by atoms with van der Waals surface area (Å²) in [5.74, 6) is 1.71. The molecule has 1 heteroatoms. The lowest BCUT2D eigenvalue weighted by Gasteiger charge is -2.30. The minimum Gasteiger partial charge on any atom is -0.313 e. The normalized spacial score (nSPS) is 34.8. The Labute approximate surface area is 64.2 Å². The van der Waals surface area contributed by atoms with Crippen LogP contribution in [0.15, 0.2) is 0 Å². The van der Waals surface area contributed by atoms with E-state index in [4.69, 9.17) is 0 Å². The smallest absolute Gasteiger partial charge is 0.00902 e. The van der Waals surface area contributed by atoms with Crippen LogP contribution in [0, 0.1) is 11.8 Å². The van der Waals surface area contributed by atoms with Gasteiger partial charge in [0.05, 0.1) is 0 Å². The van der Waals surface area contributed by atoms with E-state index in [0.717, 1.165) is 17.9 Å². The van der Waals surface area contributed by atoms with E-state index in [9.17, 15) is 0 Å². The Morgan fingerprint density at radius 2 is 2.00 bits per heavy atom. The van der Waals surface area contributed by atoms with Gasteiger partial charge in [0.2, 0.25) is 0 Å². The SMILES string of the molecule is CC(C)C1CC[C@@H](C)CN1. The van der Waals surface area contributed by atoms with Crippen molar-refractivity contribution < 1.29 is 0 Å². The van der Waals surface area contributed by atoms with Crippen LogP contribution in [0.4, 0.5) is 0 Å². The van der Waals surface area contributed by atoms with Crippen molar-refractivity contribution in [3.05, 3.63) is 0 Å². The van der Waals surface area contributed by atoms with Crippen LogP contribution in [0.5, 0.6) is 0 Å². The highest BCUT2D eigenvalue weighted by molar-refractivity contribution is 4.77. The maximum Gasteiger partial charge on any atom is 0.00902 e. The maximum absolute atomic E-state index is 3.57. The summed E-state index contributed by atoms with van der Waals surface area (Å²) in [6.07, 6.45) is 2.79. The van der Waals surface area contributed by atoms with Crippen LogP contribution < -0.4 is 5.32 Å². The summed E-state index contributed by atoms with van der Waals surface area (Å²) in [4.78, 5) is 0. The largest absolute Gasteiger partial charge is 0.313 e. The van der Waals surface area contributed by atoms with Gasteiger partial charge in [0.25, 0.3) is 0 Å². The average molecular weight is 141 g/mol. The first-order valence-electron chi connectivity index (χ1n) is 4.43. The van der Waals surface area contributed by atoms with Gasteiger partial charge in [-0.1, -0.05) is 20.8 Å². The number of nitrogens with one attached hydrogen (secondary N) is 1. The number of piperidine rings is 1. The van der Waals surface area contributed by atoms with Crippen LogP contribution in [0.2, 0.25) is 0 Å². The van der Waals surface area contributed by atoms with Gasteiger partial charge in [-0.15, -0.1) is 0 Å². The highest BCUT2D eigenvalue weighted by atomic mass is 14.9. The minimum absolute atomic E-state index is 0.788. The van der Waals surface area contributed by atoms with Crippen molar-refractivity contribution in [1.82, 2.24) is 5.32 Å². The van der Waals surface area contributed by atoms with E-state index in [2.05, 4.69) is 26.1 Å². The first-order chi connectivity index (χ1) is 4.70. The van der Waals surface area contributed by atoms with E-state index in [0.29, 0.717) is 0 Å². The molecule has 0 aromatic carbocycles. The molecule has 1 unspecified atom stereocenters. The zero-order valence-corrected chi connectivity index (χ0v) is 7.35. The zero-order valence-electron chi connectivity index (χ0n) is 7.35. The predicted molar refractivity (Wildman–Crippen MR) is 45.0 cm³/mol. The lowest BCUT2D eigenvalue weighted by molar-refractivity contribution is 0.277. The lowest BCUT2D eigenvalue weighted by atomic mass is 9.90. The second-order valence-corrected chi connectivity index (χ2v) is 3.94. The fourth-order valence-corrected chi connectivity index (χ4v) is 1.59. The fraction of sp³-hybridized carbons (Fsp3) is 1.00. The van der Waals surface area contributed by atoms with Crippen LogP contribution in [0.1, 0.15) is 33.6 Å². The molecule has 1 fully saturated rings. The minimum atomic E-state index is 0.788. The molecule has 1 N–H and O–H groups in total. The van der Waals surface area contributed by atoms with E-state index in [1.165, 1.54) is 19.4 Å². The Balaban J connectivity index is 2.26. The molecule has 60 valence electrons. The maximum atomic E-state index is 3.57. The standard InChI is InChI=1S/C9H19N/c1-7(2)9-5-4-8(3)6-10-9/h7-10H,4-6H2,1-3H3/t8-,9?/m1/s1. The molecule has 2 atom stereocenters. The molecular weight excluding hydrogens is 122 g/mol. The van der Waals surface area contributed by atoms with Crippen LogP contribution in [0.25, 0.3) is 0 Å². The summed E-state index contributed by atoms with van der Waals surface area (Å²) < 4.78 is 0. The van der Waals surface area contributed by atoms with Crippen LogP contribution >= 0.6 is 0 Å². The molecule has 0 saturated carbocycles. The molecule has 0 bridgehead atoms. The number of rotatable bonds is 1. The van der Waals surface area contributed by atoms with Gasteiger partial charge in [-0.3, -0.25) is 0 Å². The molecule has 0 aromatic rings. The van der Waals surface area contributed by atoms with Gasteiger partial charge in [0.1, 0.15) is 0 Å². The fourth-order valence-electron chi connectivity index (χ4n) is 1.59. The van der Waals surface area contributed by atoms with Crippen molar-refractivity contribution in [1.29, 1.82) is 0 Å². The summed E-state index contributed by atoms with van der Waals surface area (Å²) in [7, 11) is 0. The highest BCUT2D eigenvalue weighted by Gasteiger charge is 2.19. The van der Waals surface area contributed by atoms with Gasteiger partial charge in [-0.05, 0) is 31.2 Å². The average Bonchev–Trinajstić information content (AvgIpc) is 1.88. The number of hydrogen-bond donors (Lipinski definition) is 1. The number of hydrogen-bond acceptors (Lipinski definition) is 1. The quantitative estimate of drug-likeness (QED) is 0.589. The Hall–Kier alpha value is -0.0400. The molecule has 0 aromatic heterocycles.